The number of ether oxygens (including phenoxy) is 2. The second-order valence-corrected chi connectivity index (χ2v) is 6.60. The molecule has 28 heavy (non-hydrogen) atoms. The van der Waals surface area contributed by atoms with Crippen LogP contribution in [-0.4, -0.2) is 48.8 Å². The van der Waals surface area contributed by atoms with Gasteiger partial charge in [0.2, 0.25) is 0 Å². The summed E-state index contributed by atoms with van der Waals surface area (Å²) in [6.45, 7) is 10.1. The third-order valence-corrected chi connectivity index (χ3v) is 4.81. The molecule has 1 atom stereocenters. The zero-order valence-electron chi connectivity index (χ0n) is 17.1. The fourth-order valence-corrected chi connectivity index (χ4v) is 3.16. The molecule has 0 amide bonds. The largest absolute Gasteiger partial charge is 0.490 e. The van der Waals surface area contributed by atoms with Crippen molar-refractivity contribution in [1.82, 2.24) is 4.90 Å². The first-order chi connectivity index (χ1) is 13.6. The Morgan fingerprint density at radius 1 is 1.00 bits per heavy atom. The maximum Gasteiger partial charge on any atom is 0.311 e. The summed E-state index contributed by atoms with van der Waals surface area (Å²) in [7, 11) is 0. The smallest absolute Gasteiger partial charge is 0.311 e. The molecule has 0 heterocycles. The first kappa shape index (κ1) is 21.8. The molecule has 0 saturated carbocycles. The van der Waals surface area contributed by atoms with E-state index in [1.54, 1.807) is 0 Å². The Labute approximate surface area is 167 Å². The third-order valence-electron chi connectivity index (χ3n) is 4.81. The first-order valence-corrected chi connectivity index (χ1v) is 9.97. The first-order valence-electron chi connectivity index (χ1n) is 9.97. The van der Waals surface area contributed by atoms with Crippen LogP contribution < -0.4 is 9.47 Å². The molecule has 0 aliphatic rings. The van der Waals surface area contributed by atoms with E-state index in [9.17, 15) is 9.90 Å². The van der Waals surface area contributed by atoms with Crippen molar-refractivity contribution < 1.29 is 19.4 Å². The van der Waals surface area contributed by atoms with Crippen molar-refractivity contribution in [1.29, 1.82) is 0 Å². The Balaban J connectivity index is 2.13. The molecule has 5 nitrogen and oxygen atoms in total. The van der Waals surface area contributed by atoms with E-state index >= 15 is 0 Å². The lowest BCUT2D eigenvalue weighted by Crippen LogP contribution is -2.28. The summed E-state index contributed by atoms with van der Waals surface area (Å²) < 4.78 is 11.7. The molecule has 2 aromatic carbocycles. The van der Waals surface area contributed by atoms with Crippen molar-refractivity contribution in [3.8, 4) is 11.5 Å². The second-order valence-electron chi connectivity index (χ2n) is 6.60. The lowest BCUT2D eigenvalue weighted by molar-refractivity contribution is -0.138. The van der Waals surface area contributed by atoms with Crippen LogP contribution in [-0.2, 0) is 11.2 Å². The highest BCUT2D eigenvalue weighted by Gasteiger charge is 2.21. The van der Waals surface area contributed by atoms with Crippen LogP contribution in [0.15, 0.2) is 48.5 Å². The zero-order valence-corrected chi connectivity index (χ0v) is 17.1. The molecule has 5 heteroatoms. The van der Waals surface area contributed by atoms with Gasteiger partial charge in [-0.1, -0.05) is 50.2 Å². The topological polar surface area (TPSA) is 59.0 Å². The molecule has 0 spiro atoms. The van der Waals surface area contributed by atoms with Gasteiger partial charge in [-0.15, -0.1) is 0 Å². The fourth-order valence-electron chi connectivity index (χ4n) is 3.16. The van der Waals surface area contributed by atoms with Crippen molar-refractivity contribution in [2.75, 3.05) is 32.8 Å². The van der Waals surface area contributed by atoms with Gasteiger partial charge < -0.3 is 19.5 Å². The van der Waals surface area contributed by atoms with Crippen molar-refractivity contribution >= 4 is 5.97 Å². The number of likely N-dealkylation sites (N-methyl/N-ethyl adjacent to an activating group) is 1. The molecule has 2 aromatic rings. The summed E-state index contributed by atoms with van der Waals surface area (Å²) >= 11 is 0. The SMILES string of the molecule is CCOc1cc(CC(C(=O)O)c2ccccc2)ccc1OCCN(CC)CC. The van der Waals surface area contributed by atoms with Crippen LogP contribution in [0.4, 0.5) is 0 Å². The minimum Gasteiger partial charge on any atom is -0.490 e. The Kier molecular flexibility index (Phi) is 8.82. The predicted molar refractivity (Wildman–Crippen MR) is 111 cm³/mol. The molecule has 0 aromatic heterocycles. The maximum absolute atomic E-state index is 11.8. The van der Waals surface area contributed by atoms with Crippen LogP contribution in [0.2, 0.25) is 0 Å². The number of hydrogen-bond donors (Lipinski definition) is 1. The molecule has 0 aliphatic heterocycles. The summed E-state index contributed by atoms with van der Waals surface area (Å²) in [6.07, 6.45) is 0.402. The van der Waals surface area contributed by atoms with Crippen molar-refractivity contribution in [2.45, 2.75) is 33.1 Å². The Bertz CT molecular complexity index is 729. The summed E-state index contributed by atoms with van der Waals surface area (Å²) in [5.74, 6) is -0.0603. The molecule has 1 N–H and O–H groups in total. The van der Waals surface area contributed by atoms with Crippen molar-refractivity contribution in [2.24, 2.45) is 0 Å². The summed E-state index contributed by atoms with van der Waals surface area (Å²) in [4.78, 5) is 14.1. The Morgan fingerprint density at radius 2 is 1.71 bits per heavy atom. The van der Waals surface area contributed by atoms with Gasteiger partial charge >= 0.3 is 5.97 Å². The van der Waals surface area contributed by atoms with Crippen LogP contribution >= 0.6 is 0 Å². The highest BCUT2D eigenvalue weighted by atomic mass is 16.5. The maximum atomic E-state index is 11.8. The van der Waals surface area contributed by atoms with Gasteiger partial charge in [-0.25, -0.2) is 0 Å². The monoisotopic (exact) mass is 385 g/mol. The molecule has 0 saturated heterocycles. The predicted octanol–water partition coefficient (Wildman–Crippen LogP) is 4.22. The summed E-state index contributed by atoms with van der Waals surface area (Å²) in [5, 5.41) is 9.67. The number of carboxylic acids is 1. The molecule has 0 radical (unpaired) electrons. The lowest BCUT2D eigenvalue weighted by atomic mass is 9.92. The van der Waals surface area contributed by atoms with Crippen LogP contribution in [0.5, 0.6) is 11.5 Å². The number of hydrogen-bond acceptors (Lipinski definition) is 4. The van der Waals surface area contributed by atoms with Gasteiger partial charge in [0.25, 0.3) is 0 Å². The molecule has 1 unspecified atom stereocenters. The highest BCUT2D eigenvalue weighted by molar-refractivity contribution is 5.76. The second kappa shape index (κ2) is 11.3. The minimum atomic E-state index is -0.830. The van der Waals surface area contributed by atoms with Crippen LogP contribution in [0.3, 0.4) is 0 Å². The lowest BCUT2D eigenvalue weighted by Gasteiger charge is -2.19. The van der Waals surface area contributed by atoms with Gasteiger partial charge in [-0.2, -0.15) is 0 Å². The van der Waals surface area contributed by atoms with Gasteiger partial charge in [0.1, 0.15) is 6.61 Å². The van der Waals surface area contributed by atoms with Gasteiger partial charge in [-0.05, 0) is 49.7 Å². The van der Waals surface area contributed by atoms with Gasteiger partial charge in [0, 0.05) is 6.54 Å². The van der Waals surface area contributed by atoms with E-state index < -0.39 is 11.9 Å². The Morgan fingerprint density at radius 3 is 2.32 bits per heavy atom. The quantitative estimate of drug-likeness (QED) is 0.593. The molecule has 0 aliphatic carbocycles. The van der Waals surface area contributed by atoms with Crippen LogP contribution in [0.25, 0.3) is 0 Å². The number of nitrogens with zero attached hydrogens (tertiary/aromatic N) is 1. The van der Waals surface area contributed by atoms with E-state index in [1.165, 1.54) is 0 Å². The normalized spacial score (nSPS) is 12.0. The summed E-state index contributed by atoms with van der Waals surface area (Å²) in [5.41, 5.74) is 1.71. The van der Waals surface area contributed by atoms with E-state index in [2.05, 4.69) is 18.7 Å². The minimum absolute atomic E-state index is 0.402. The number of carboxylic acid groups (broad SMARTS) is 1. The van der Waals surface area contributed by atoms with E-state index in [0.717, 1.165) is 30.8 Å². The number of benzene rings is 2. The van der Waals surface area contributed by atoms with E-state index in [1.807, 2.05) is 55.5 Å². The van der Waals surface area contributed by atoms with E-state index in [0.29, 0.717) is 31.1 Å². The van der Waals surface area contributed by atoms with Gasteiger partial charge in [0.15, 0.2) is 11.5 Å². The average molecular weight is 386 g/mol. The molecule has 152 valence electrons. The molecular formula is C23H31NO4. The number of carbonyl (C=O) groups is 1. The van der Waals surface area contributed by atoms with Crippen LogP contribution in [0, 0.1) is 0 Å². The average Bonchev–Trinajstić information content (AvgIpc) is 2.71. The van der Waals surface area contributed by atoms with Gasteiger partial charge in [0.05, 0.1) is 12.5 Å². The molecule has 0 fully saturated rings. The molecule has 0 bridgehead atoms. The molecular weight excluding hydrogens is 354 g/mol. The fraction of sp³-hybridized carbons (Fsp3) is 0.435. The zero-order chi connectivity index (χ0) is 20.4. The van der Waals surface area contributed by atoms with Crippen LogP contribution in [0.1, 0.15) is 37.8 Å². The number of aliphatic carboxylic acids is 1. The Hall–Kier alpha value is -2.53. The molecule has 2 rings (SSSR count). The van der Waals surface area contributed by atoms with Crippen molar-refractivity contribution in [3.05, 3.63) is 59.7 Å². The van der Waals surface area contributed by atoms with E-state index in [4.69, 9.17) is 9.47 Å². The standard InChI is InChI=1S/C23H31NO4/c1-4-24(5-2)14-15-28-21-13-12-18(17-22(21)27-6-3)16-20(23(25)26)19-10-8-7-9-11-19/h7-13,17,20H,4-6,14-16H2,1-3H3,(H,25,26). The number of rotatable bonds is 12. The summed E-state index contributed by atoms with van der Waals surface area (Å²) in [6, 6.07) is 15.0. The highest BCUT2D eigenvalue weighted by Crippen LogP contribution is 2.31. The third kappa shape index (κ3) is 6.27. The van der Waals surface area contributed by atoms with E-state index in [-0.39, 0.29) is 0 Å². The van der Waals surface area contributed by atoms with Gasteiger partial charge in [-0.3, -0.25) is 4.79 Å². The van der Waals surface area contributed by atoms with Crippen molar-refractivity contribution in [3.63, 3.8) is 0 Å².